The van der Waals surface area contributed by atoms with Crippen LogP contribution in [-0.2, 0) is 32.2 Å². The van der Waals surface area contributed by atoms with Gasteiger partial charge in [0.1, 0.15) is 19.9 Å². The van der Waals surface area contributed by atoms with Crippen LogP contribution < -0.4 is 5.32 Å². The number of aromatic nitrogens is 2. The van der Waals surface area contributed by atoms with Crippen LogP contribution >= 0.6 is 0 Å². The van der Waals surface area contributed by atoms with Gasteiger partial charge < -0.3 is 24.2 Å². The van der Waals surface area contributed by atoms with Crippen molar-refractivity contribution in [2.24, 2.45) is 5.92 Å². The molecule has 1 aliphatic carbocycles. The summed E-state index contributed by atoms with van der Waals surface area (Å²) >= 11 is 0. The summed E-state index contributed by atoms with van der Waals surface area (Å²) < 4.78 is 16.7. The van der Waals surface area contributed by atoms with E-state index in [1.54, 1.807) is 0 Å². The van der Waals surface area contributed by atoms with Crippen molar-refractivity contribution in [2.45, 2.75) is 44.2 Å². The summed E-state index contributed by atoms with van der Waals surface area (Å²) in [5.41, 5.74) is 1.70. The maximum atomic E-state index is 13.7. The van der Waals surface area contributed by atoms with Gasteiger partial charge in [0, 0.05) is 18.2 Å². The van der Waals surface area contributed by atoms with E-state index < -0.39 is 18.0 Å². The number of fused-ring (bicyclic) bond motifs is 2. The molecule has 4 atom stereocenters. The second-order valence-corrected chi connectivity index (χ2v) is 9.65. The molecular formula is C27H27N5O6. The summed E-state index contributed by atoms with van der Waals surface area (Å²) in [4.78, 5) is 47.1. The molecule has 4 unspecified atom stereocenters. The summed E-state index contributed by atoms with van der Waals surface area (Å²) in [6.07, 6.45) is 0.379. The number of carbonyl (C=O) groups excluding carboxylic acids is 3. The van der Waals surface area contributed by atoms with Gasteiger partial charge in [-0.1, -0.05) is 65.8 Å². The molecule has 0 radical (unpaired) electrons. The Morgan fingerprint density at radius 2 is 1.68 bits per heavy atom. The van der Waals surface area contributed by atoms with E-state index in [9.17, 15) is 14.4 Å². The largest absolute Gasteiger partial charge is 0.350 e. The van der Waals surface area contributed by atoms with Crippen LogP contribution in [0, 0.1) is 5.92 Å². The lowest BCUT2D eigenvalue weighted by Crippen LogP contribution is -2.65. The van der Waals surface area contributed by atoms with Crippen molar-refractivity contribution in [1.29, 1.82) is 0 Å². The van der Waals surface area contributed by atoms with E-state index in [-0.39, 0.29) is 49.8 Å². The molecule has 38 heavy (non-hydrogen) atoms. The van der Waals surface area contributed by atoms with Crippen molar-refractivity contribution in [3.63, 3.8) is 0 Å². The minimum absolute atomic E-state index is 0.131. The molecule has 3 heterocycles. The Bertz CT molecular complexity index is 1320. The van der Waals surface area contributed by atoms with Crippen LogP contribution in [0.15, 0.2) is 65.2 Å². The molecule has 11 nitrogen and oxygen atoms in total. The van der Waals surface area contributed by atoms with E-state index in [0.29, 0.717) is 25.2 Å². The molecule has 1 aromatic heterocycles. The van der Waals surface area contributed by atoms with Crippen LogP contribution in [0.4, 0.5) is 4.79 Å². The molecule has 3 aromatic rings. The smallest absolute Gasteiger partial charge is 0.327 e. The average Bonchev–Trinajstić information content (AvgIpc) is 3.62. The van der Waals surface area contributed by atoms with E-state index in [0.717, 1.165) is 16.0 Å². The second kappa shape index (κ2) is 10.3. The molecule has 11 heteroatoms. The Hall–Kier alpha value is -4.09. The third kappa shape index (κ3) is 4.77. The molecule has 2 aliphatic heterocycles. The maximum Gasteiger partial charge on any atom is 0.327 e. The molecular weight excluding hydrogens is 490 g/mol. The first-order chi connectivity index (χ1) is 18.6. The first-order valence-corrected chi connectivity index (χ1v) is 12.6. The van der Waals surface area contributed by atoms with Gasteiger partial charge in [-0.05, 0) is 18.4 Å². The van der Waals surface area contributed by atoms with E-state index >= 15 is 0 Å². The molecule has 1 N–H and O–H groups in total. The van der Waals surface area contributed by atoms with Gasteiger partial charge >= 0.3 is 6.03 Å². The number of amides is 4. The molecule has 3 aliphatic rings. The first kappa shape index (κ1) is 24.3. The van der Waals surface area contributed by atoms with E-state index in [2.05, 4.69) is 15.5 Å². The number of urea groups is 1. The Morgan fingerprint density at radius 3 is 2.45 bits per heavy atom. The number of carbonyl (C=O) groups is 3. The summed E-state index contributed by atoms with van der Waals surface area (Å²) in [6.45, 7) is 0.120. The number of ether oxygens (including phenoxy) is 2. The highest BCUT2D eigenvalue weighted by molar-refractivity contribution is 6.00. The minimum Gasteiger partial charge on any atom is -0.350 e. The van der Waals surface area contributed by atoms with Crippen LogP contribution in [0.1, 0.15) is 24.3 Å². The molecule has 6 rings (SSSR count). The molecule has 4 amide bonds. The second-order valence-electron chi connectivity index (χ2n) is 9.65. The van der Waals surface area contributed by atoms with Gasteiger partial charge in [0.2, 0.25) is 23.5 Å². The van der Waals surface area contributed by atoms with Gasteiger partial charge in [-0.25, -0.2) is 4.79 Å². The van der Waals surface area contributed by atoms with Crippen molar-refractivity contribution in [1.82, 2.24) is 25.3 Å². The van der Waals surface area contributed by atoms with E-state index in [1.165, 1.54) is 4.90 Å². The third-order valence-electron chi connectivity index (χ3n) is 7.30. The average molecular weight is 518 g/mol. The van der Waals surface area contributed by atoms with Gasteiger partial charge in [-0.3, -0.25) is 14.5 Å². The fraction of sp³-hybridized carbons (Fsp3) is 0.370. The summed E-state index contributed by atoms with van der Waals surface area (Å²) in [5.74, 6) is -0.690. The standard InChI is InChI=1S/C27H27N5O6/c33-23(28-13-17-7-3-1-4-8-17)14-31-20-12-22-21(36-16-37-22)11-19(20)26(34)32(27(31)35)15-24-29-25(30-38-24)18-9-5-2-6-10-18/h1-10,19-22H,11-16H2,(H,28,33). The number of hydrogen-bond acceptors (Lipinski definition) is 8. The Labute approximate surface area is 218 Å². The Kier molecular flexibility index (Phi) is 6.61. The number of rotatable bonds is 7. The van der Waals surface area contributed by atoms with Crippen LogP contribution in [0.2, 0.25) is 0 Å². The number of imide groups is 1. The van der Waals surface area contributed by atoms with Crippen LogP contribution in [0.25, 0.3) is 11.4 Å². The highest BCUT2D eigenvalue weighted by atomic mass is 16.7. The highest BCUT2D eigenvalue weighted by Crippen LogP contribution is 2.39. The van der Waals surface area contributed by atoms with Crippen LogP contribution in [-0.4, -0.2) is 69.4 Å². The fourth-order valence-electron chi connectivity index (χ4n) is 5.38. The zero-order valence-electron chi connectivity index (χ0n) is 20.6. The van der Waals surface area contributed by atoms with Crippen molar-refractivity contribution < 1.29 is 28.4 Å². The van der Waals surface area contributed by atoms with Crippen molar-refractivity contribution >= 4 is 17.8 Å². The van der Waals surface area contributed by atoms with Gasteiger partial charge in [0.05, 0.1) is 18.1 Å². The maximum absolute atomic E-state index is 13.7. The molecule has 0 spiro atoms. The molecule has 3 fully saturated rings. The zero-order chi connectivity index (χ0) is 26.1. The van der Waals surface area contributed by atoms with Crippen molar-refractivity contribution in [3.8, 4) is 11.4 Å². The topological polar surface area (TPSA) is 127 Å². The predicted molar refractivity (Wildman–Crippen MR) is 132 cm³/mol. The van der Waals surface area contributed by atoms with Crippen LogP contribution in [0.3, 0.4) is 0 Å². The first-order valence-electron chi connectivity index (χ1n) is 12.6. The van der Waals surface area contributed by atoms with Gasteiger partial charge in [-0.2, -0.15) is 4.98 Å². The summed E-state index contributed by atoms with van der Waals surface area (Å²) in [5, 5.41) is 6.87. The highest BCUT2D eigenvalue weighted by Gasteiger charge is 2.53. The van der Waals surface area contributed by atoms with E-state index in [1.807, 2.05) is 60.7 Å². The quantitative estimate of drug-likeness (QED) is 0.506. The number of nitrogens with zero attached hydrogens (tertiary/aromatic N) is 4. The fourth-order valence-corrected chi connectivity index (χ4v) is 5.38. The number of nitrogens with one attached hydrogen (secondary N) is 1. The molecule has 0 bridgehead atoms. The number of hydrogen-bond donors (Lipinski definition) is 1. The van der Waals surface area contributed by atoms with Gasteiger partial charge in [0.15, 0.2) is 0 Å². The zero-order valence-corrected chi connectivity index (χ0v) is 20.6. The molecule has 196 valence electrons. The SMILES string of the molecule is O=C(CN1C(=O)N(Cc2nc(-c3ccccc3)no2)C(=O)C2CC3OCOC3CC21)NCc1ccccc1. The predicted octanol–water partition coefficient (Wildman–Crippen LogP) is 2.34. The van der Waals surface area contributed by atoms with Crippen molar-refractivity contribution in [3.05, 3.63) is 72.1 Å². The third-order valence-corrected chi connectivity index (χ3v) is 7.30. The van der Waals surface area contributed by atoms with Gasteiger partial charge in [0.25, 0.3) is 0 Å². The normalized spacial score (nSPS) is 24.7. The number of benzene rings is 2. The van der Waals surface area contributed by atoms with Crippen LogP contribution in [0.5, 0.6) is 0 Å². The van der Waals surface area contributed by atoms with Gasteiger partial charge in [-0.15, -0.1) is 0 Å². The summed E-state index contributed by atoms with van der Waals surface area (Å²) in [6, 6.07) is 17.8. The Balaban J connectivity index is 1.21. The van der Waals surface area contributed by atoms with Crippen molar-refractivity contribution in [2.75, 3.05) is 13.3 Å². The lowest BCUT2D eigenvalue weighted by Gasteiger charge is -2.48. The minimum atomic E-state index is -0.567. The summed E-state index contributed by atoms with van der Waals surface area (Å²) in [7, 11) is 0. The molecule has 2 aromatic carbocycles. The monoisotopic (exact) mass is 517 g/mol. The van der Waals surface area contributed by atoms with E-state index in [4.69, 9.17) is 14.0 Å². The molecule has 2 saturated heterocycles. The Morgan fingerprint density at radius 1 is 0.974 bits per heavy atom. The lowest BCUT2D eigenvalue weighted by atomic mass is 9.78. The lowest BCUT2D eigenvalue weighted by molar-refractivity contribution is -0.146. The molecule has 1 saturated carbocycles.